The third kappa shape index (κ3) is 8.13. The van der Waals surface area contributed by atoms with Gasteiger partial charge in [-0.05, 0) is 64.1 Å². The summed E-state index contributed by atoms with van der Waals surface area (Å²) in [5.74, 6) is 0. The van der Waals surface area contributed by atoms with E-state index in [0.29, 0.717) is 29.5 Å². The van der Waals surface area contributed by atoms with Crippen LogP contribution in [0.1, 0.15) is 27.7 Å². The molecule has 0 aliphatic heterocycles. The van der Waals surface area contributed by atoms with Gasteiger partial charge in [0.25, 0.3) is 5.69 Å². The molecule has 0 saturated carbocycles. The van der Waals surface area contributed by atoms with Crippen LogP contribution in [-0.2, 0) is 27.2 Å². The summed E-state index contributed by atoms with van der Waals surface area (Å²) < 4.78 is 45.1. The predicted octanol–water partition coefficient (Wildman–Crippen LogP) is 4.65. The van der Waals surface area contributed by atoms with E-state index in [2.05, 4.69) is 0 Å². The summed E-state index contributed by atoms with van der Waals surface area (Å²) in [5.41, 5.74) is 6.11. The molecule has 0 heterocycles. The summed E-state index contributed by atoms with van der Waals surface area (Å²) in [6, 6.07) is 12.0. The first-order valence-corrected chi connectivity index (χ1v) is 13.1. The van der Waals surface area contributed by atoms with Gasteiger partial charge in [0.15, 0.2) is 0 Å². The molecule has 2 aromatic rings. The Bertz CT molecular complexity index is 916. The minimum absolute atomic E-state index is 0.0618. The molecule has 2 rings (SSSR count). The molecule has 0 fully saturated rings. The fourth-order valence-corrected chi connectivity index (χ4v) is 5.60. The number of nitrogens with zero attached hydrogens (tertiary/aromatic N) is 1. The highest BCUT2D eigenvalue weighted by molar-refractivity contribution is 7.62. The molecule has 0 unspecified atom stereocenters. The van der Waals surface area contributed by atoms with E-state index in [4.69, 9.17) is 23.8 Å². The summed E-state index contributed by atoms with van der Waals surface area (Å²) in [7, 11) is -6.49. The lowest BCUT2D eigenvalue weighted by molar-refractivity contribution is -0.384. The maximum absolute atomic E-state index is 12.3. The predicted molar refractivity (Wildman–Crippen MR) is 125 cm³/mol. The second-order valence-corrected chi connectivity index (χ2v) is 10.1. The quantitative estimate of drug-likeness (QED) is 0.207. The molecular weight excluding hydrogens is 458 g/mol. The summed E-state index contributed by atoms with van der Waals surface area (Å²) in [4.78, 5) is 9.97. The zero-order chi connectivity index (χ0) is 24.2. The van der Waals surface area contributed by atoms with Gasteiger partial charge in [-0.25, -0.2) is 0 Å². The van der Waals surface area contributed by atoms with Crippen molar-refractivity contribution >= 4 is 37.2 Å². The SMILES string of the molecule is CCOP(=O)(OCC)c1ccc(N)cc1.CCOP(=O)(OCC)c1ccc([N+](=O)[O-])cc1. The Morgan fingerprint density at radius 3 is 1.31 bits per heavy atom. The molecular formula is C20H30N2O8P2. The zero-order valence-corrected chi connectivity index (χ0v) is 20.4. The van der Waals surface area contributed by atoms with Gasteiger partial charge >= 0.3 is 15.2 Å². The van der Waals surface area contributed by atoms with Crippen molar-refractivity contribution in [3.8, 4) is 0 Å². The molecule has 0 aliphatic rings. The van der Waals surface area contributed by atoms with Crippen molar-refractivity contribution in [2.75, 3.05) is 32.2 Å². The standard InChI is InChI=1S/C10H14NO5P.C10H16NO3P/c1-3-15-17(14,16-4-2)10-7-5-9(6-8-10)11(12)13;1-3-13-15(12,14-4-2)10-7-5-9(11)6-8-10/h5-8H,3-4H2,1-2H3;5-8H,3-4,11H2,1-2H3. The molecule has 0 bridgehead atoms. The molecule has 0 atom stereocenters. The molecule has 12 heteroatoms. The third-order valence-electron chi connectivity index (χ3n) is 3.78. The number of nitrogens with two attached hydrogens (primary N) is 1. The fraction of sp³-hybridized carbons (Fsp3) is 0.400. The number of nitrogen functional groups attached to an aromatic ring is 1. The van der Waals surface area contributed by atoms with Crippen LogP contribution in [-0.4, -0.2) is 31.4 Å². The van der Waals surface area contributed by atoms with Crippen LogP contribution in [0, 0.1) is 10.1 Å². The van der Waals surface area contributed by atoms with Gasteiger partial charge < -0.3 is 23.8 Å². The van der Waals surface area contributed by atoms with Crippen LogP contribution in [0.3, 0.4) is 0 Å². The summed E-state index contributed by atoms with van der Waals surface area (Å²) in [5, 5.41) is 11.4. The summed E-state index contributed by atoms with van der Waals surface area (Å²) >= 11 is 0. The van der Waals surface area contributed by atoms with Crippen LogP contribution >= 0.6 is 15.2 Å². The van der Waals surface area contributed by atoms with Crippen LogP contribution in [0.2, 0.25) is 0 Å². The number of non-ortho nitro benzene ring substituents is 1. The molecule has 2 aromatic carbocycles. The zero-order valence-electron chi connectivity index (χ0n) is 18.6. The number of hydrogen-bond donors (Lipinski definition) is 1. The van der Waals surface area contributed by atoms with Crippen LogP contribution in [0.5, 0.6) is 0 Å². The van der Waals surface area contributed by atoms with Crippen LogP contribution in [0.15, 0.2) is 48.5 Å². The van der Waals surface area contributed by atoms with Crippen molar-refractivity contribution in [3.05, 3.63) is 58.6 Å². The number of anilines is 1. The lowest BCUT2D eigenvalue weighted by atomic mass is 10.3. The van der Waals surface area contributed by atoms with Gasteiger partial charge in [-0.2, -0.15) is 0 Å². The minimum atomic E-state index is -3.34. The average Bonchev–Trinajstić information content (AvgIpc) is 2.75. The third-order valence-corrected chi connectivity index (χ3v) is 8.04. The Labute approximate surface area is 188 Å². The molecule has 10 nitrogen and oxygen atoms in total. The Hall–Kier alpha value is -2.06. The first-order chi connectivity index (χ1) is 15.2. The maximum atomic E-state index is 12.3. The highest BCUT2D eigenvalue weighted by Crippen LogP contribution is 2.47. The molecule has 0 spiro atoms. The van der Waals surface area contributed by atoms with Crippen LogP contribution in [0.25, 0.3) is 0 Å². The summed E-state index contributed by atoms with van der Waals surface area (Å²) in [6.45, 7) is 8.16. The molecule has 2 N–H and O–H groups in total. The van der Waals surface area contributed by atoms with Crippen molar-refractivity contribution in [2.45, 2.75) is 27.7 Å². The molecule has 32 heavy (non-hydrogen) atoms. The molecule has 0 amide bonds. The molecule has 0 aromatic heterocycles. The highest BCUT2D eigenvalue weighted by Gasteiger charge is 2.27. The van der Waals surface area contributed by atoms with E-state index in [1.165, 1.54) is 24.3 Å². The lowest BCUT2D eigenvalue weighted by Gasteiger charge is -2.16. The van der Waals surface area contributed by atoms with Gasteiger partial charge in [0, 0.05) is 17.8 Å². The Morgan fingerprint density at radius 2 is 1.03 bits per heavy atom. The monoisotopic (exact) mass is 488 g/mol. The van der Waals surface area contributed by atoms with Gasteiger partial charge in [-0.1, -0.05) is 0 Å². The largest absolute Gasteiger partial charge is 0.399 e. The van der Waals surface area contributed by atoms with E-state index in [1.54, 1.807) is 52.0 Å². The van der Waals surface area contributed by atoms with E-state index in [1.807, 2.05) is 0 Å². The first-order valence-electron chi connectivity index (χ1n) is 10.0. The van der Waals surface area contributed by atoms with Crippen molar-refractivity contribution < 1.29 is 32.1 Å². The molecule has 0 radical (unpaired) electrons. The Kier molecular flexibility index (Phi) is 11.8. The van der Waals surface area contributed by atoms with Gasteiger partial charge in [-0.3, -0.25) is 19.2 Å². The van der Waals surface area contributed by atoms with Crippen LogP contribution in [0.4, 0.5) is 11.4 Å². The Morgan fingerprint density at radius 1 is 0.719 bits per heavy atom. The van der Waals surface area contributed by atoms with Crippen LogP contribution < -0.4 is 16.3 Å². The van der Waals surface area contributed by atoms with E-state index in [0.717, 1.165) is 0 Å². The molecule has 0 saturated heterocycles. The smallest absolute Gasteiger partial charge is 0.361 e. The van der Waals surface area contributed by atoms with Gasteiger partial charge in [0.1, 0.15) is 0 Å². The number of nitro benzene ring substituents is 1. The topological polar surface area (TPSA) is 140 Å². The van der Waals surface area contributed by atoms with Gasteiger partial charge in [-0.15, -0.1) is 0 Å². The lowest BCUT2D eigenvalue weighted by Crippen LogP contribution is -2.10. The molecule has 178 valence electrons. The second-order valence-electron chi connectivity index (χ2n) is 6.03. The highest BCUT2D eigenvalue weighted by atomic mass is 31.2. The van der Waals surface area contributed by atoms with E-state index in [-0.39, 0.29) is 18.9 Å². The first kappa shape index (κ1) is 28.0. The summed E-state index contributed by atoms with van der Waals surface area (Å²) in [6.07, 6.45) is 0. The Balaban J connectivity index is 0.000000323. The van der Waals surface area contributed by atoms with Crippen molar-refractivity contribution in [3.63, 3.8) is 0 Å². The average molecular weight is 488 g/mol. The number of rotatable bonds is 11. The van der Waals surface area contributed by atoms with Crippen molar-refractivity contribution in [2.24, 2.45) is 0 Å². The van der Waals surface area contributed by atoms with Gasteiger partial charge in [0.2, 0.25) is 0 Å². The number of hydrogen-bond acceptors (Lipinski definition) is 9. The number of nitro groups is 1. The van der Waals surface area contributed by atoms with E-state index in [9.17, 15) is 19.2 Å². The second kappa shape index (κ2) is 13.5. The minimum Gasteiger partial charge on any atom is -0.399 e. The van der Waals surface area contributed by atoms with Crippen molar-refractivity contribution in [1.82, 2.24) is 0 Å². The van der Waals surface area contributed by atoms with Crippen molar-refractivity contribution in [1.29, 1.82) is 0 Å². The fourth-order valence-electron chi connectivity index (χ4n) is 2.47. The maximum Gasteiger partial charge on any atom is 0.361 e. The normalized spacial score (nSPS) is 11.5. The molecule has 0 aliphatic carbocycles. The van der Waals surface area contributed by atoms with Gasteiger partial charge in [0.05, 0.1) is 42.0 Å². The van der Waals surface area contributed by atoms with E-state index >= 15 is 0 Å². The number of benzene rings is 2. The van der Waals surface area contributed by atoms with E-state index < -0.39 is 20.1 Å².